The second-order valence-corrected chi connectivity index (χ2v) is 10.1. The molecule has 11 heteroatoms. The largest absolute Gasteiger partial charge is 0.508 e. The minimum atomic E-state index is -0.758. The zero-order valence-corrected chi connectivity index (χ0v) is 24.4. The molecule has 0 bridgehead atoms. The van der Waals surface area contributed by atoms with Crippen LogP contribution in [0.1, 0.15) is 81.0 Å². The molecule has 0 aliphatic carbocycles. The minimum absolute atomic E-state index is 0.0521. The number of carbonyl (C=O) groups is 2. The van der Waals surface area contributed by atoms with Crippen LogP contribution in [0.5, 0.6) is 17.2 Å². The first-order valence-corrected chi connectivity index (χ1v) is 13.1. The lowest BCUT2D eigenvalue weighted by Gasteiger charge is -2.05. The van der Waals surface area contributed by atoms with Crippen LogP contribution in [-0.2, 0) is 4.79 Å². The maximum atomic E-state index is 11.7. The van der Waals surface area contributed by atoms with E-state index in [2.05, 4.69) is 4.42 Å². The van der Waals surface area contributed by atoms with Crippen LogP contribution in [0.2, 0.25) is 0 Å². The van der Waals surface area contributed by atoms with E-state index in [-0.39, 0.29) is 41.0 Å². The zero-order valence-electron chi connectivity index (χ0n) is 24.4. The van der Waals surface area contributed by atoms with E-state index in [0.29, 0.717) is 42.0 Å². The Morgan fingerprint density at radius 3 is 1.73 bits per heavy atom. The number of ketones is 1. The third-order valence-electron chi connectivity index (χ3n) is 5.18. The van der Waals surface area contributed by atoms with Crippen molar-refractivity contribution >= 4 is 11.8 Å². The van der Waals surface area contributed by atoms with Crippen molar-refractivity contribution in [3.8, 4) is 17.2 Å². The summed E-state index contributed by atoms with van der Waals surface area (Å²) in [5.74, 6) is 1.20. The molecule has 0 saturated heterocycles. The minimum Gasteiger partial charge on any atom is -0.508 e. The van der Waals surface area contributed by atoms with E-state index >= 15 is 0 Å². The molecule has 0 aromatic carbocycles. The van der Waals surface area contributed by atoms with E-state index in [1.54, 1.807) is 20.8 Å². The number of hydrogen-bond donors (Lipinski definition) is 2. The molecule has 3 aromatic rings. The van der Waals surface area contributed by atoms with Gasteiger partial charge in [0.05, 0.1) is 12.1 Å². The molecule has 3 heterocycles. The van der Waals surface area contributed by atoms with Crippen molar-refractivity contribution in [2.45, 2.75) is 74.1 Å². The highest BCUT2D eigenvalue weighted by Gasteiger charge is 2.18. The van der Waals surface area contributed by atoms with Crippen molar-refractivity contribution in [2.75, 3.05) is 0 Å². The molecule has 0 amide bonds. The highest BCUT2D eigenvalue weighted by atomic mass is 16.5. The van der Waals surface area contributed by atoms with Gasteiger partial charge in [0.2, 0.25) is 0 Å². The highest BCUT2D eigenvalue weighted by Crippen LogP contribution is 2.18. The first-order chi connectivity index (χ1) is 19.1. The number of esters is 1. The van der Waals surface area contributed by atoms with Gasteiger partial charge in [-0.3, -0.25) is 9.59 Å². The van der Waals surface area contributed by atoms with E-state index in [4.69, 9.17) is 18.7 Å². The van der Waals surface area contributed by atoms with E-state index in [0.717, 1.165) is 12.5 Å². The fourth-order valence-corrected chi connectivity index (χ4v) is 3.21. The van der Waals surface area contributed by atoms with Gasteiger partial charge < -0.3 is 28.2 Å². The Hall–Kier alpha value is -4.41. The number of ether oxygens (including phenoxy) is 1. The van der Waals surface area contributed by atoms with Gasteiger partial charge in [0.15, 0.2) is 5.78 Å². The standard InChI is InChI=1S/2C12H16O4.C6H6O3/c1-8(2)4-5-11(13)16-10-6-9(3)15-12(14)7-10;1-7(2)4-5-9(13)11-10(14)6-8(3)16-12(11)15;1-4-2-5(7)3-6(8)9-4/h6-8H,4-5H2,1-3H3;6-7,14H,4-5H2,1-3H3;2-3,7H,1H3. The summed E-state index contributed by atoms with van der Waals surface area (Å²) in [5.41, 5.74) is -2.02. The van der Waals surface area contributed by atoms with Crippen molar-refractivity contribution < 1.29 is 37.8 Å². The normalized spacial score (nSPS) is 10.4. The molecule has 0 atom stereocenters. The fraction of sp³-hybridized carbons (Fsp3) is 0.433. The predicted octanol–water partition coefficient (Wildman–Crippen LogP) is 5.22. The Bertz CT molecular complexity index is 1450. The number of carbonyl (C=O) groups excluding carboxylic acids is 2. The van der Waals surface area contributed by atoms with E-state index in [1.807, 2.05) is 27.7 Å². The van der Waals surface area contributed by atoms with Crippen LogP contribution in [0.15, 0.2) is 58.0 Å². The molecule has 11 nitrogen and oxygen atoms in total. The molecule has 3 rings (SSSR count). The van der Waals surface area contributed by atoms with Gasteiger partial charge in [-0.2, -0.15) is 0 Å². The topological polar surface area (TPSA) is 174 Å². The van der Waals surface area contributed by atoms with Crippen LogP contribution < -0.4 is 21.6 Å². The molecule has 0 fully saturated rings. The van der Waals surface area contributed by atoms with Gasteiger partial charge in [0.1, 0.15) is 40.1 Å². The third kappa shape index (κ3) is 14.0. The summed E-state index contributed by atoms with van der Waals surface area (Å²) in [4.78, 5) is 55.9. The maximum Gasteiger partial charge on any atom is 0.350 e. The first kappa shape index (κ1) is 34.6. The van der Waals surface area contributed by atoms with Gasteiger partial charge in [-0.15, -0.1) is 0 Å². The third-order valence-corrected chi connectivity index (χ3v) is 5.18. The molecule has 3 aromatic heterocycles. The summed E-state index contributed by atoms with van der Waals surface area (Å²) < 4.78 is 19.1. The summed E-state index contributed by atoms with van der Waals surface area (Å²) in [6.45, 7) is 12.8. The number of aryl methyl sites for hydroxylation is 3. The average Bonchev–Trinajstić information content (AvgIpc) is 2.80. The molecule has 224 valence electrons. The van der Waals surface area contributed by atoms with Crippen molar-refractivity contribution in [1.82, 2.24) is 0 Å². The molecule has 2 N–H and O–H groups in total. The first-order valence-electron chi connectivity index (χ1n) is 13.1. The molecular formula is C30H38O11. The summed E-state index contributed by atoms with van der Waals surface area (Å²) in [6, 6.07) is 6.37. The molecule has 41 heavy (non-hydrogen) atoms. The van der Waals surface area contributed by atoms with Crippen LogP contribution >= 0.6 is 0 Å². The fourth-order valence-electron chi connectivity index (χ4n) is 3.21. The smallest absolute Gasteiger partial charge is 0.350 e. The molecule has 0 spiro atoms. The van der Waals surface area contributed by atoms with Crippen molar-refractivity contribution in [2.24, 2.45) is 11.8 Å². The maximum absolute atomic E-state index is 11.7. The monoisotopic (exact) mass is 574 g/mol. The molecule has 0 saturated carbocycles. The van der Waals surface area contributed by atoms with Gasteiger partial charge >= 0.3 is 22.8 Å². The molecule has 0 aliphatic rings. The average molecular weight is 575 g/mol. The number of hydrogen-bond acceptors (Lipinski definition) is 11. The lowest BCUT2D eigenvalue weighted by Crippen LogP contribution is -2.15. The highest BCUT2D eigenvalue weighted by molar-refractivity contribution is 5.98. The zero-order chi connectivity index (χ0) is 31.3. The summed E-state index contributed by atoms with van der Waals surface area (Å²) in [6.07, 6.45) is 2.07. The predicted molar refractivity (Wildman–Crippen MR) is 151 cm³/mol. The van der Waals surface area contributed by atoms with Crippen LogP contribution in [0.4, 0.5) is 0 Å². The van der Waals surface area contributed by atoms with E-state index in [9.17, 15) is 29.1 Å². The number of rotatable bonds is 8. The lowest BCUT2D eigenvalue weighted by molar-refractivity contribution is -0.134. The quantitative estimate of drug-likeness (QED) is 0.267. The van der Waals surface area contributed by atoms with Crippen LogP contribution in [0, 0.1) is 32.6 Å². The lowest BCUT2D eigenvalue weighted by atomic mass is 10.0. The van der Waals surface area contributed by atoms with Gasteiger partial charge in [0, 0.05) is 31.0 Å². The van der Waals surface area contributed by atoms with Gasteiger partial charge in [-0.05, 0) is 45.4 Å². The van der Waals surface area contributed by atoms with Gasteiger partial charge in [-0.25, -0.2) is 14.4 Å². The Labute approximate surface area is 237 Å². The molecule has 0 radical (unpaired) electrons. The summed E-state index contributed by atoms with van der Waals surface area (Å²) >= 11 is 0. The van der Waals surface area contributed by atoms with Crippen molar-refractivity contribution in [3.63, 3.8) is 0 Å². The Morgan fingerprint density at radius 2 is 1.24 bits per heavy atom. The van der Waals surface area contributed by atoms with Crippen molar-refractivity contribution in [1.29, 1.82) is 0 Å². The van der Waals surface area contributed by atoms with Crippen LogP contribution in [0.3, 0.4) is 0 Å². The second kappa shape index (κ2) is 16.6. The van der Waals surface area contributed by atoms with E-state index < -0.39 is 16.9 Å². The Morgan fingerprint density at radius 1 is 0.732 bits per heavy atom. The Balaban J connectivity index is 0.000000320. The summed E-state index contributed by atoms with van der Waals surface area (Å²) in [7, 11) is 0. The second-order valence-electron chi connectivity index (χ2n) is 10.1. The summed E-state index contributed by atoms with van der Waals surface area (Å²) in [5, 5.41) is 18.3. The molecule has 0 unspecified atom stereocenters. The van der Waals surface area contributed by atoms with Crippen LogP contribution in [-0.4, -0.2) is 22.0 Å². The number of aromatic hydroxyl groups is 2. The van der Waals surface area contributed by atoms with Gasteiger partial charge in [0.25, 0.3) is 0 Å². The molecule has 0 aliphatic heterocycles. The van der Waals surface area contributed by atoms with Crippen LogP contribution in [0.25, 0.3) is 0 Å². The van der Waals surface area contributed by atoms with E-state index in [1.165, 1.54) is 24.3 Å². The van der Waals surface area contributed by atoms with Gasteiger partial charge in [-0.1, -0.05) is 27.7 Å². The Kier molecular flexibility index (Phi) is 14.0. The SMILES string of the molecule is Cc1cc(O)c(C(=O)CCC(C)C)c(=O)o1.Cc1cc(O)cc(=O)o1.Cc1cc(OC(=O)CCC(C)C)cc(=O)o1. The number of Topliss-reactive ketones (excluding diaryl/α,β-unsaturated/α-hetero) is 1. The van der Waals surface area contributed by atoms with Crippen molar-refractivity contribution in [3.05, 3.63) is 84.4 Å². The molecular weight excluding hydrogens is 536 g/mol.